The summed E-state index contributed by atoms with van der Waals surface area (Å²) in [7, 11) is 1.24. The van der Waals surface area contributed by atoms with Crippen LogP contribution in [0.1, 0.15) is 5.56 Å². The number of aryl methyl sites for hydroxylation is 1. The molecule has 23 heavy (non-hydrogen) atoms. The van der Waals surface area contributed by atoms with Crippen LogP contribution in [0.15, 0.2) is 48.5 Å². The van der Waals surface area contributed by atoms with Crippen molar-refractivity contribution in [1.29, 1.82) is 0 Å². The van der Waals surface area contributed by atoms with E-state index in [0.29, 0.717) is 11.4 Å². The van der Waals surface area contributed by atoms with E-state index in [2.05, 4.69) is 15.4 Å². The fourth-order valence-corrected chi connectivity index (χ4v) is 1.78. The highest BCUT2D eigenvalue weighted by atomic mass is 16.5. The van der Waals surface area contributed by atoms with Crippen molar-refractivity contribution in [2.45, 2.75) is 6.92 Å². The Morgan fingerprint density at radius 3 is 2.09 bits per heavy atom. The summed E-state index contributed by atoms with van der Waals surface area (Å²) in [6.45, 7) is 1.85. The number of amides is 2. The molecule has 0 aliphatic rings. The molecule has 0 aliphatic carbocycles. The number of benzene rings is 2. The molecule has 0 saturated carbocycles. The topological polar surface area (TPSA) is 76.7 Å². The molecule has 120 valence electrons. The maximum atomic E-state index is 11.6. The van der Waals surface area contributed by atoms with Gasteiger partial charge in [-0.2, -0.15) is 0 Å². The third-order valence-corrected chi connectivity index (χ3v) is 2.97. The summed E-state index contributed by atoms with van der Waals surface area (Å²) in [6, 6.07) is 14.7. The van der Waals surface area contributed by atoms with Gasteiger partial charge in [0.1, 0.15) is 18.0 Å². The van der Waals surface area contributed by atoms with E-state index in [1.165, 1.54) is 7.11 Å². The van der Waals surface area contributed by atoms with Gasteiger partial charge in [0.15, 0.2) is 0 Å². The SMILES string of the molecule is COC(=O)NCC(=O)Nc1ccc(Oc2ccc(C)cc2)cc1. The molecule has 2 aromatic carbocycles. The van der Waals surface area contributed by atoms with Crippen molar-refractivity contribution in [2.24, 2.45) is 0 Å². The maximum Gasteiger partial charge on any atom is 0.407 e. The summed E-state index contributed by atoms with van der Waals surface area (Å²) in [5.74, 6) is 1.07. The Bertz CT molecular complexity index is 666. The largest absolute Gasteiger partial charge is 0.457 e. The van der Waals surface area contributed by atoms with E-state index in [9.17, 15) is 9.59 Å². The summed E-state index contributed by atoms with van der Waals surface area (Å²) in [5.41, 5.74) is 1.77. The van der Waals surface area contributed by atoms with Gasteiger partial charge in [0, 0.05) is 5.69 Å². The van der Waals surface area contributed by atoms with E-state index < -0.39 is 6.09 Å². The van der Waals surface area contributed by atoms with Crippen molar-refractivity contribution in [3.05, 3.63) is 54.1 Å². The summed E-state index contributed by atoms with van der Waals surface area (Å²) in [4.78, 5) is 22.5. The normalized spacial score (nSPS) is 9.83. The zero-order valence-corrected chi connectivity index (χ0v) is 13.0. The van der Waals surface area contributed by atoms with Crippen LogP contribution < -0.4 is 15.4 Å². The molecule has 0 saturated heterocycles. The summed E-state index contributed by atoms with van der Waals surface area (Å²) in [6.07, 6.45) is -0.651. The Balaban J connectivity index is 1.87. The van der Waals surface area contributed by atoms with E-state index in [0.717, 1.165) is 11.3 Å². The van der Waals surface area contributed by atoms with Crippen molar-refractivity contribution >= 4 is 17.7 Å². The Labute approximate surface area is 134 Å². The van der Waals surface area contributed by atoms with Crippen LogP contribution >= 0.6 is 0 Å². The van der Waals surface area contributed by atoms with Crippen LogP contribution in [0.5, 0.6) is 11.5 Å². The number of rotatable bonds is 5. The zero-order valence-electron chi connectivity index (χ0n) is 13.0. The van der Waals surface area contributed by atoms with Crippen molar-refractivity contribution < 1.29 is 19.1 Å². The molecule has 2 amide bonds. The number of nitrogens with one attached hydrogen (secondary N) is 2. The first kappa shape index (κ1) is 16.4. The zero-order chi connectivity index (χ0) is 16.7. The van der Waals surface area contributed by atoms with Crippen LogP contribution in [0, 0.1) is 6.92 Å². The lowest BCUT2D eigenvalue weighted by atomic mass is 10.2. The number of methoxy groups -OCH3 is 1. The Hall–Kier alpha value is -3.02. The molecule has 0 aliphatic heterocycles. The first-order valence-corrected chi connectivity index (χ1v) is 7.03. The van der Waals surface area contributed by atoms with Gasteiger partial charge >= 0.3 is 6.09 Å². The van der Waals surface area contributed by atoms with Crippen molar-refractivity contribution in [2.75, 3.05) is 19.0 Å². The van der Waals surface area contributed by atoms with Crippen LogP contribution in [0.4, 0.5) is 10.5 Å². The quantitative estimate of drug-likeness (QED) is 0.889. The third-order valence-electron chi connectivity index (χ3n) is 2.97. The number of hydrogen-bond acceptors (Lipinski definition) is 4. The van der Waals surface area contributed by atoms with E-state index in [-0.39, 0.29) is 12.5 Å². The van der Waals surface area contributed by atoms with E-state index >= 15 is 0 Å². The predicted octanol–water partition coefficient (Wildman–Crippen LogP) is 3.08. The van der Waals surface area contributed by atoms with Crippen LogP contribution in [0.25, 0.3) is 0 Å². The van der Waals surface area contributed by atoms with Gasteiger partial charge in [-0.25, -0.2) is 4.79 Å². The number of ether oxygens (including phenoxy) is 2. The van der Waals surface area contributed by atoms with E-state index in [1.54, 1.807) is 24.3 Å². The van der Waals surface area contributed by atoms with Crippen molar-refractivity contribution in [3.8, 4) is 11.5 Å². The molecule has 0 atom stereocenters. The summed E-state index contributed by atoms with van der Waals surface area (Å²) >= 11 is 0. The first-order valence-electron chi connectivity index (χ1n) is 7.03. The van der Waals surface area contributed by atoms with Gasteiger partial charge in [0.2, 0.25) is 5.91 Å². The Kier molecular flexibility index (Phi) is 5.57. The Morgan fingerprint density at radius 1 is 0.957 bits per heavy atom. The highest BCUT2D eigenvalue weighted by Crippen LogP contribution is 2.23. The molecule has 2 rings (SSSR count). The van der Waals surface area contributed by atoms with Crippen LogP contribution in [0.2, 0.25) is 0 Å². The molecule has 6 heteroatoms. The molecule has 2 aromatic rings. The van der Waals surface area contributed by atoms with Gasteiger partial charge in [-0.05, 0) is 43.3 Å². The van der Waals surface area contributed by atoms with E-state index in [1.807, 2.05) is 31.2 Å². The van der Waals surface area contributed by atoms with Crippen LogP contribution in [-0.2, 0) is 9.53 Å². The van der Waals surface area contributed by atoms with Gasteiger partial charge in [-0.1, -0.05) is 17.7 Å². The molecule has 0 heterocycles. The van der Waals surface area contributed by atoms with Gasteiger partial charge in [0.25, 0.3) is 0 Å². The predicted molar refractivity (Wildman–Crippen MR) is 86.7 cm³/mol. The van der Waals surface area contributed by atoms with Gasteiger partial charge in [-0.15, -0.1) is 0 Å². The van der Waals surface area contributed by atoms with Crippen molar-refractivity contribution in [1.82, 2.24) is 5.32 Å². The number of hydrogen-bond donors (Lipinski definition) is 2. The molecular weight excluding hydrogens is 296 g/mol. The molecule has 0 fully saturated rings. The highest BCUT2D eigenvalue weighted by molar-refractivity contribution is 5.93. The lowest BCUT2D eigenvalue weighted by Gasteiger charge is -2.08. The minimum Gasteiger partial charge on any atom is -0.457 e. The number of anilines is 1. The number of carbonyl (C=O) groups excluding carboxylic acids is 2. The summed E-state index contributed by atoms with van der Waals surface area (Å²) < 4.78 is 10.1. The minimum atomic E-state index is -0.651. The molecule has 0 spiro atoms. The minimum absolute atomic E-state index is 0.158. The maximum absolute atomic E-state index is 11.6. The fraction of sp³-hybridized carbons (Fsp3) is 0.176. The Morgan fingerprint density at radius 2 is 1.52 bits per heavy atom. The van der Waals surface area contributed by atoms with Crippen molar-refractivity contribution in [3.63, 3.8) is 0 Å². The van der Waals surface area contributed by atoms with E-state index in [4.69, 9.17) is 4.74 Å². The van der Waals surface area contributed by atoms with Crippen LogP contribution in [-0.4, -0.2) is 25.7 Å². The van der Waals surface area contributed by atoms with Crippen LogP contribution in [0.3, 0.4) is 0 Å². The number of carbonyl (C=O) groups is 2. The average molecular weight is 314 g/mol. The number of alkyl carbamates (subject to hydrolysis) is 1. The molecule has 0 aromatic heterocycles. The van der Waals surface area contributed by atoms with Gasteiger partial charge in [-0.3, -0.25) is 4.79 Å². The molecule has 2 N–H and O–H groups in total. The fourth-order valence-electron chi connectivity index (χ4n) is 1.78. The van der Waals surface area contributed by atoms with Gasteiger partial charge < -0.3 is 20.1 Å². The highest BCUT2D eigenvalue weighted by Gasteiger charge is 2.05. The monoisotopic (exact) mass is 314 g/mol. The smallest absolute Gasteiger partial charge is 0.407 e. The molecule has 6 nitrogen and oxygen atoms in total. The molecule has 0 bridgehead atoms. The standard InChI is InChI=1S/C17H18N2O4/c1-12-3-7-14(8-4-12)23-15-9-5-13(6-10-15)19-16(20)11-18-17(21)22-2/h3-10H,11H2,1-2H3,(H,18,21)(H,19,20). The first-order chi connectivity index (χ1) is 11.1. The second-order valence-electron chi connectivity index (χ2n) is 4.83. The third kappa shape index (κ3) is 5.35. The molecular formula is C17H18N2O4. The second-order valence-corrected chi connectivity index (χ2v) is 4.83. The molecule has 0 unspecified atom stereocenters. The summed E-state index contributed by atoms with van der Waals surface area (Å²) in [5, 5.41) is 4.96. The lowest BCUT2D eigenvalue weighted by molar-refractivity contribution is -0.115. The lowest BCUT2D eigenvalue weighted by Crippen LogP contribution is -2.32. The average Bonchev–Trinajstić information content (AvgIpc) is 2.56. The second kappa shape index (κ2) is 7.84. The molecule has 0 radical (unpaired) electrons. The van der Waals surface area contributed by atoms with Gasteiger partial charge in [0.05, 0.1) is 7.11 Å².